The first-order valence-electron chi connectivity index (χ1n) is 6.22. The maximum Gasteiger partial charge on any atom is 0.274 e. The van der Waals surface area contributed by atoms with Crippen molar-refractivity contribution in [2.45, 2.75) is 12.8 Å². The first kappa shape index (κ1) is 13.2. The van der Waals surface area contributed by atoms with Crippen LogP contribution in [0.25, 0.3) is 0 Å². The van der Waals surface area contributed by atoms with Crippen molar-refractivity contribution in [2.24, 2.45) is 0 Å². The van der Waals surface area contributed by atoms with Crippen molar-refractivity contribution >= 4 is 5.91 Å². The molecular weight excluding hydrogens is 240 g/mol. The number of benzene rings is 1. The summed E-state index contributed by atoms with van der Waals surface area (Å²) in [4.78, 5) is 20.8. The van der Waals surface area contributed by atoms with Crippen molar-refractivity contribution in [3.63, 3.8) is 0 Å². The number of hydroxylamine groups is 1. The van der Waals surface area contributed by atoms with Gasteiger partial charge in [0.15, 0.2) is 0 Å². The van der Waals surface area contributed by atoms with E-state index in [2.05, 4.69) is 10.5 Å². The normalized spacial score (nSPS) is 10.1. The number of hydrogen-bond donors (Lipinski definition) is 1. The summed E-state index contributed by atoms with van der Waals surface area (Å²) in [5, 5.41) is 0. The number of carbonyl (C=O) groups is 1. The zero-order valence-corrected chi connectivity index (χ0v) is 10.6. The highest BCUT2D eigenvalue weighted by atomic mass is 16.6. The number of hydrogen-bond acceptors (Lipinski definition) is 3. The van der Waals surface area contributed by atoms with E-state index in [0.29, 0.717) is 12.2 Å². The molecule has 19 heavy (non-hydrogen) atoms. The van der Waals surface area contributed by atoms with E-state index in [1.165, 1.54) is 5.56 Å². The van der Waals surface area contributed by atoms with E-state index in [-0.39, 0.29) is 5.91 Å². The Kier molecular flexibility index (Phi) is 5.07. The Hall–Kier alpha value is -2.20. The second kappa shape index (κ2) is 7.28. The molecule has 1 heterocycles. The largest absolute Gasteiger partial charge is 0.274 e. The number of pyridine rings is 1. The molecular formula is C15H16N2O2. The van der Waals surface area contributed by atoms with E-state index < -0.39 is 0 Å². The Morgan fingerprint density at radius 2 is 2.00 bits per heavy atom. The van der Waals surface area contributed by atoms with Gasteiger partial charge in [0.1, 0.15) is 0 Å². The Balaban J connectivity index is 1.63. The number of amides is 1. The van der Waals surface area contributed by atoms with Gasteiger partial charge in [-0.05, 0) is 36.6 Å². The molecule has 2 aromatic rings. The van der Waals surface area contributed by atoms with Gasteiger partial charge in [-0.2, -0.15) is 0 Å². The average molecular weight is 256 g/mol. The summed E-state index contributed by atoms with van der Waals surface area (Å²) in [6, 6.07) is 12.9. The molecule has 4 nitrogen and oxygen atoms in total. The highest BCUT2D eigenvalue weighted by molar-refractivity contribution is 5.93. The summed E-state index contributed by atoms with van der Waals surface area (Å²) < 4.78 is 0. The van der Waals surface area contributed by atoms with Crippen molar-refractivity contribution in [1.29, 1.82) is 0 Å². The fourth-order valence-corrected chi connectivity index (χ4v) is 1.66. The van der Waals surface area contributed by atoms with Crippen LogP contribution in [0.4, 0.5) is 0 Å². The van der Waals surface area contributed by atoms with Gasteiger partial charge in [-0.15, -0.1) is 0 Å². The van der Waals surface area contributed by atoms with E-state index in [1.54, 1.807) is 18.3 Å². The molecule has 0 saturated heterocycles. The number of rotatable bonds is 6. The number of aryl methyl sites for hydroxylation is 1. The molecule has 2 rings (SSSR count). The van der Waals surface area contributed by atoms with Crippen molar-refractivity contribution < 1.29 is 9.63 Å². The lowest BCUT2D eigenvalue weighted by atomic mass is 10.2. The van der Waals surface area contributed by atoms with E-state index in [9.17, 15) is 4.79 Å². The Morgan fingerprint density at radius 3 is 2.74 bits per heavy atom. The summed E-state index contributed by atoms with van der Waals surface area (Å²) in [5.74, 6) is -0.220. The molecule has 1 amide bonds. The first-order valence-corrected chi connectivity index (χ1v) is 6.22. The number of aromatic nitrogens is 1. The minimum absolute atomic E-state index is 0.220. The molecule has 0 bridgehead atoms. The van der Waals surface area contributed by atoms with Crippen LogP contribution in [0, 0.1) is 0 Å². The molecule has 1 N–H and O–H groups in total. The molecule has 1 aromatic heterocycles. The van der Waals surface area contributed by atoms with Crippen LogP contribution in [0.5, 0.6) is 0 Å². The Bertz CT molecular complexity index is 500. The van der Waals surface area contributed by atoms with Crippen molar-refractivity contribution in [3.8, 4) is 0 Å². The summed E-state index contributed by atoms with van der Waals surface area (Å²) >= 11 is 0. The third-order valence-electron chi connectivity index (χ3n) is 2.64. The third-order valence-corrected chi connectivity index (χ3v) is 2.64. The summed E-state index contributed by atoms with van der Waals surface area (Å²) in [6.45, 7) is 0.480. The quantitative estimate of drug-likeness (QED) is 0.637. The summed E-state index contributed by atoms with van der Waals surface area (Å²) in [5.41, 5.74) is 4.19. The maximum absolute atomic E-state index is 11.6. The van der Waals surface area contributed by atoms with Crippen LogP contribution in [0.1, 0.15) is 22.3 Å². The number of nitrogens with one attached hydrogen (secondary N) is 1. The van der Waals surface area contributed by atoms with Gasteiger partial charge in [0.25, 0.3) is 5.91 Å². The van der Waals surface area contributed by atoms with Gasteiger partial charge in [-0.25, -0.2) is 5.48 Å². The smallest absolute Gasteiger partial charge is 0.273 e. The van der Waals surface area contributed by atoms with Crippen LogP contribution in [0.15, 0.2) is 54.9 Å². The summed E-state index contributed by atoms with van der Waals surface area (Å²) in [6.07, 6.45) is 5.30. The molecule has 98 valence electrons. The predicted molar refractivity (Wildman–Crippen MR) is 72.4 cm³/mol. The van der Waals surface area contributed by atoms with Crippen LogP contribution in [0.2, 0.25) is 0 Å². The molecule has 0 unspecified atom stereocenters. The van der Waals surface area contributed by atoms with E-state index in [4.69, 9.17) is 4.84 Å². The van der Waals surface area contributed by atoms with Gasteiger partial charge in [-0.1, -0.05) is 24.3 Å². The number of carbonyl (C=O) groups excluding carboxylic acids is 1. The van der Waals surface area contributed by atoms with Crippen molar-refractivity contribution in [1.82, 2.24) is 10.5 Å². The standard InChI is InChI=1S/C15H16N2O2/c18-15(14-8-2-1-3-9-14)17-19-11-5-7-13-6-4-10-16-12-13/h1-4,6,8-10,12H,5,7,11H2,(H,17,18). The zero-order chi connectivity index (χ0) is 13.3. The van der Waals surface area contributed by atoms with E-state index >= 15 is 0 Å². The van der Waals surface area contributed by atoms with Crippen LogP contribution >= 0.6 is 0 Å². The second-order valence-corrected chi connectivity index (χ2v) is 4.11. The highest BCUT2D eigenvalue weighted by Gasteiger charge is 2.03. The summed E-state index contributed by atoms with van der Waals surface area (Å²) in [7, 11) is 0. The lowest BCUT2D eigenvalue weighted by molar-refractivity contribution is 0.0304. The monoisotopic (exact) mass is 256 g/mol. The topological polar surface area (TPSA) is 51.2 Å². The lowest BCUT2D eigenvalue weighted by Crippen LogP contribution is -2.24. The van der Waals surface area contributed by atoms with E-state index in [1.807, 2.05) is 36.5 Å². The molecule has 0 aliphatic carbocycles. The minimum Gasteiger partial charge on any atom is -0.273 e. The molecule has 0 atom stereocenters. The fourth-order valence-electron chi connectivity index (χ4n) is 1.66. The Morgan fingerprint density at radius 1 is 1.16 bits per heavy atom. The zero-order valence-electron chi connectivity index (χ0n) is 10.6. The fraction of sp³-hybridized carbons (Fsp3) is 0.200. The van der Waals surface area contributed by atoms with Crippen LogP contribution < -0.4 is 5.48 Å². The Labute approximate surface area is 112 Å². The van der Waals surface area contributed by atoms with Gasteiger partial charge in [0.2, 0.25) is 0 Å². The van der Waals surface area contributed by atoms with Gasteiger partial charge in [-0.3, -0.25) is 14.6 Å². The number of nitrogens with zero attached hydrogens (tertiary/aromatic N) is 1. The van der Waals surface area contributed by atoms with Crippen LogP contribution in [-0.2, 0) is 11.3 Å². The van der Waals surface area contributed by atoms with Crippen molar-refractivity contribution in [3.05, 3.63) is 66.0 Å². The van der Waals surface area contributed by atoms with Crippen LogP contribution in [0.3, 0.4) is 0 Å². The van der Waals surface area contributed by atoms with Crippen LogP contribution in [-0.4, -0.2) is 17.5 Å². The van der Waals surface area contributed by atoms with Gasteiger partial charge in [0.05, 0.1) is 6.61 Å². The maximum atomic E-state index is 11.6. The van der Waals surface area contributed by atoms with Gasteiger partial charge >= 0.3 is 0 Å². The van der Waals surface area contributed by atoms with Crippen molar-refractivity contribution in [2.75, 3.05) is 6.61 Å². The molecule has 1 aromatic carbocycles. The first-order chi connectivity index (χ1) is 9.36. The third kappa shape index (κ3) is 4.52. The second-order valence-electron chi connectivity index (χ2n) is 4.11. The molecule has 0 saturated carbocycles. The minimum atomic E-state index is -0.220. The molecule has 0 spiro atoms. The van der Waals surface area contributed by atoms with Gasteiger partial charge in [0, 0.05) is 18.0 Å². The highest BCUT2D eigenvalue weighted by Crippen LogP contribution is 2.01. The lowest BCUT2D eigenvalue weighted by Gasteiger charge is -2.05. The molecule has 0 aliphatic heterocycles. The molecule has 0 fully saturated rings. The SMILES string of the molecule is O=C(NOCCCc1cccnc1)c1ccccc1. The molecule has 4 heteroatoms. The van der Waals surface area contributed by atoms with Gasteiger partial charge < -0.3 is 0 Å². The average Bonchev–Trinajstić information content (AvgIpc) is 2.49. The molecule has 0 aliphatic rings. The predicted octanol–water partition coefficient (Wildman–Crippen LogP) is 2.38. The van der Waals surface area contributed by atoms with E-state index in [0.717, 1.165) is 12.8 Å². The molecule has 0 radical (unpaired) electrons.